The van der Waals surface area contributed by atoms with Gasteiger partial charge < -0.3 is 9.73 Å². The van der Waals surface area contributed by atoms with Crippen LogP contribution in [0.15, 0.2) is 113 Å². The molecule has 0 aliphatic heterocycles. The van der Waals surface area contributed by atoms with E-state index in [9.17, 15) is 0 Å². The maximum Gasteiger partial charge on any atom is 0.135 e. The van der Waals surface area contributed by atoms with Crippen molar-refractivity contribution in [2.45, 2.75) is 38.0 Å². The Morgan fingerprint density at radius 2 is 1.47 bits per heavy atom. The van der Waals surface area contributed by atoms with Crippen molar-refractivity contribution in [3.63, 3.8) is 0 Å². The van der Waals surface area contributed by atoms with Gasteiger partial charge in [0.05, 0.1) is 0 Å². The summed E-state index contributed by atoms with van der Waals surface area (Å²) in [4.78, 5) is 0. The number of anilines is 1. The lowest BCUT2D eigenvalue weighted by Crippen LogP contribution is -2.30. The lowest BCUT2D eigenvalue weighted by Gasteiger charge is -2.35. The van der Waals surface area contributed by atoms with Gasteiger partial charge >= 0.3 is 0 Å². The fourth-order valence-corrected chi connectivity index (χ4v) is 6.37. The molecular weight excluding hydrogens is 438 g/mol. The van der Waals surface area contributed by atoms with Gasteiger partial charge in [-0.15, -0.1) is 0 Å². The van der Waals surface area contributed by atoms with Gasteiger partial charge in [-0.25, -0.2) is 0 Å². The Morgan fingerprint density at radius 3 is 2.39 bits per heavy atom. The highest BCUT2D eigenvalue weighted by molar-refractivity contribution is 6.07. The molecular formula is C34H29NO. The zero-order chi connectivity index (χ0) is 24.5. The number of fused-ring (bicyclic) bond motifs is 6. The summed E-state index contributed by atoms with van der Waals surface area (Å²) < 4.78 is 6.23. The summed E-state index contributed by atoms with van der Waals surface area (Å²) in [7, 11) is 0. The van der Waals surface area contributed by atoms with Crippen LogP contribution in [0.25, 0.3) is 33.1 Å². The number of furan rings is 1. The van der Waals surface area contributed by atoms with E-state index in [0.717, 1.165) is 23.3 Å². The normalized spacial score (nSPS) is 19.8. The van der Waals surface area contributed by atoms with Crippen LogP contribution in [0.2, 0.25) is 0 Å². The monoisotopic (exact) mass is 467 g/mol. The maximum atomic E-state index is 6.23. The fraction of sp³-hybridized carbons (Fsp3) is 0.176. The molecule has 2 nitrogen and oxygen atoms in total. The summed E-state index contributed by atoms with van der Waals surface area (Å²) in [5.41, 5.74) is 10.8. The average Bonchev–Trinajstić information content (AvgIpc) is 3.38. The Labute approximate surface area is 212 Å². The number of para-hydroxylation sites is 1. The van der Waals surface area contributed by atoms with E-state index >= 15 is 0 Å². The van der Waals surface area contributed by atoms with Gasteiger partial charge in [0.15, 0.2) is 0 Å². The SMILES string of the molecule is CC1(c2cccc3oc4ccccc4c23)CC=CC=C1Nc1ccc2c(c1)C(C)(C)c1ccccc1-2. The molecule has 1 unspecified atom stereocenters. The van der Waals surface area contributed by atoms with Crippen LogP contribution in [0.1, 0.15) is 43.9 Å². The van der Waals surface area contributed by atoms with Gasteiger partial charge in [-0.1, -0.05) is 86.7 Å². The zero-order valence-corrected chi connectivity index (χ0v) is 20.9. The van der Waals surface area contributed by atoms with Gasteiger partial charge in [0.2, 0.25) is 0 Å². The summed E-state index contributed by atoms with van der Waals surface area (Å²) in [5.74, 6) is 0. The number of rotatable bonds is 3. The van der Waals surface area contributed by atoms with Crippen LogP contribution < -0.4 is 5.32 Å². The van der Waals surface area contributed by atoms with Gasteiger partial charge in [-0.2, -0.15) is 0 Å². The predicted molar refractivity (Wildman–Crippen MR) is 151 cm³/mol. The molecule has 5 aromatic rings. The molecule has 7 rings (SSSR count). The molecule has 2 heteroatoms. The van der Waals surface area contributed by atoms with Crippen LogP contribution in [0, 0.1) is 0 Å². The molecule has 0 saturated carbocycles. The van der Waals surface area contributed by atoms with Crippen molar-refractivity contribution in [3.05, 3.63) is 126 Å². The molecule has 1 aromatic heterocycles. The van der Waals surface area contributed by atoms with E-state index in [0.29, 0.717) is 0 Å². The van der Waals surface area contributed by atoms with Crippen molar-refractivity contribution >= 4 is 27.6 Å². The highest BCUT2D eigenvalue weighted by Crippen LogP contribution is 2.50. The van der Waals surface area contributed by atoms with Crippen molar-refractivity contribution in [3.8, 4) is 11.1 Å². The van der Waals surface area contributed by atoms with Crippen LogP contribution >= 0.6 is 0 Å². The fourth-order valence-electron chi connectivity index (χ4n) is 6.37. The number of allylic oxidation sites excluding steroid dienone is 4. The first-order valence-electron chi connectivity index (χ1n) is 12.8. The first-order chi connectivity index (χ1) is 17.5. The smallest absolute Gasteiger partial charge is 0.135 e. The van der Waals surface area contributed by atoms with E-state index < -0.39 is 0 Å². The summed E-state index contributed by atoms with van der Waals surface area (Å²) >= 11 is 0. The molecule has 0 amide bonds. The van der Waals surface area contributed by atoms with Crippen molar-refractivity contribution in [2.24, 2.45) is 0 Å². The molecule has 1 atom stereocenters. The quantitative estimate of drug-likeness (QED) is 0.286. The Hall–Kier alpha value is -4.04. The molecule has 0 saturated heterocycles. The van der Waals surface area contributed by atoms with Crippen molar-refractivity contribution in [1.82, 2.24) is 0 Å². The Bertz CT molecular complexity index is 1730. The minimum absolute atomic E-state index is 0.0188. The van der Waals surface area contributed by atoms with Crippen LogP contribution in [0.5, 0.6) is 0 Å². The van der Waals surface area contributed by atoms with E-state index in [1.807, 2.05) is 6.07 Å². The number of hydrogen-bond donors (Lipinski definition) is 1. The zero-order valence-electron chi connectivity index (χ0n) is 20.9. The molecule has 4 aromatic carbocycles. The molecule has 2 aliphatic carbocycles. The van der Waals surface area contributed by atoms with Gasteiger partial charge in [0.1, 0.15) is 11.2 Å². The molecule has 0 bridgehead atoms. The third-order valence-electron chi connectivity index (χ3n) is 8.38. The van der Waals surface area contributed by atoms with Gasteiger partial charge in [-0.05, 0) is 71.5 Å². The molecule has 0 fully saturated rings. The highest BCUT2D eigenvalue weighted by atomic mass is 16.3. The molecule has 0 spiro atoms. The van der Waals surface area contributed by atoms with E-state index in [1.165, 1.54) is 44.3 Å². The van der Waals surface area contributed by atoms with Gasteiger partial charge in [0, 0.05) is 33.0 Å². The van der Waals surface area contributed by atoms with Crippen molar-refractivity contribution in [2.75, 3.05) is 5.32 Å². The number of nitrogens with one attached hydrogen (secondary N) is 1. The van der Waals surface area contributed by atoms with Crippen molar-refractivity contribution in [1.29, 1.82) is 0 Å². The summed E-state index contributed by atoms with van der Waals surface area (Å²) in [5, 5.41) is 6.24. The molecule has 176 valence electrons. The number of hydrogen-bond acceptors (Lipinski definition) is 2. The van der Waals surface area contributed by atoms with Crippen molar-refractivity contribution < 1.29 is 4.42 Å². The second-order valence-electron chi connectivity index (χ2n) is 10.9. The predicted octanol–water partition coefficient (Wildman–Crippen LogP) is 9.11. The molecule has 1 N–H and O–H groups in total. The van der Waals surface area contributed by atoms with Crippen LogP contribution in [-0.2, 0) is 10.8 Å². The van der Waals surface area contributed by atoms with Crippen LogP contribution in [0.4, 0.5) is 5.69 Å². The first-order valence-corrected chi connectivity index (χ1v) is 12.8. The van der Waals surface area contributed by atoms with Gasteiger partial charge in [0.25, 0.3) is 0 Å². The molecule has 2 aliphatic rings. The summed E-state index contributed by atoms with van der Waals surface area (Å²) in [6, 6.07) is 30.5. The summed E-state index contributed by atoms with van der Waals surface area (Å²) in [6.45, 7) is 7.01. The van der Waals surface area contributed by atoms with Gasteiger partial charge in [-0.3, -0.25) is 0 Å². The standard InChI is InChI=1S/C34H29NO/c1-33(2)26-13-6-4-11-23(26)24-19-18-22(21-28(24)33)35-31-17-8-9-20-34(31,3)27-14-10-16-30-32(27)25-12-5-7-15-29(25)36-30/h4-19,21,35H,20H2,1-3H3. The highest BCUT2D eigenvalue weighted by Gasteiger charge is 2.37. The maximum absolute atomic E-state index is 6.23. The van der Waals surface area contributed by atoms with Crippen LogP contribution in [0.3, 0.4) is 0 Å². The molecule has 36 heavy (non-hydrogen) atoms. The Morgan fingerprint density at radius 1 is 0.722 bits per heavy atom. The Kier molecular flexibility index (Phi) is 4.42. The molecule has 1 heterocycles. The largest absolute Gasteiger partial charge is 0.456 e. The molecule has 0 radical (unpaired) electrons. The first kappa shape index (κ1) is 21.3. The van der Waals surface area contributed by atoms with E-state index in [2.05, 4.69) is 123 Å². The lowest BCUT2D eigenvalue weighted by molar-refractivity contribution is 0.567. The number of benzene rings is 4. The minimum atomic E-state index is -0.210. The van der Waals surface area contributed by atoms with Crippen LogP contribution in [-0.4, -0.2) is 0 Å². The lowest BCUT2D eigenvalue weighted by atomic mass is 9.73. The topological polar surface area (TPSA) is 25.2 Å². The summed E-state index contributed by atoms with van der Waals surface area (Å²) in [6.07, 6.45) is 7.60. The van der Waals surface area contributed by atoms with E-state index in [1.54, 1.807) is 0 Å². The average molecular weight is 468 g/mol. The van der Waals surface area contributed by atoms with E-state index in [4.69, 9.17) is 4.42 Å². The minimum Gasteiger partial charge on any atom is -0.456 e. The second-order valence-corrected chi connectivity index (χ2v) is 10.9. The van der Waals surface area contributed by atoms with E-state index in [-0.39, 0.29) is 10.8 Å². The third kappa shape index (κ3) is 2.91. The Balaban J connectivity index is 1.33. The third-order valence-corrected chi connectivity index (χ3v) is 8.38. The second kappa shape index (κ2) is 7.48.